The van der Waals surface area contributed by atoms with Crippen LogP contribution in [-0.2, 0) is 5.41 Å². The van der Waals surface area contributed by atoms with Crippen molar-refractivity contribution in [2.24, 2.45) is 5.92 Å². The molecule has 0 heterocycles. The van der Waals surface area contributed by atoms with Crippen molar-refractivity contribution in [2.75, 3.05) is 6.54 Å². The zero-order valence-corrected chi connectivity index (χ0v) is 13.6. The maximum atomic E-state index is 3.87. The van der Waals surface area contributed by atoms with Gasteiger partial charge in [-0.2, -0.15) is 0 Å². The molecule has 1 N–H and O–H groups in total. The SMILES string of the molecule is CCNC(CCC1CC1)C1(c2ccccc2)CCCCC1. The molecule has 21 heavy (non-hydrogen) atoms. The Labute approximate surface area is 130 Å². The average Bonchev–Trinajstić information content (AvgIpc) is 3.37. The van der Waals surface area contributed by atoms with Crippen LogP contribution in [0.15, 0.2) is 30.3 Å². The topological polar surface area (TPSA) is 12.0 Å². The Morgan fingerprint density at radius 1 is 1.10 bits per heavy atom. The molecule has 0 aromatic heterocycles. The van der Waals surface area contributed by atoms with Crippen LogP contribution in [-0.4, -0.2) is 12.6 Å². The first kappa shape index (κ1) is 15.1. The van der Waals surface area contributed by atoms with Gasteiger partial charge in [-0.25, -0.2) is 0 Å². The minimum atomic E-state index is 0.393. The van der Waals surface area contributed by atoms with Gasteiger partial charge < -0.3 is 5.32 Å². The fourth-order valence-corrected chi connectivity index (χ4v) is 4.42. The summed E-state index contributed by atoms with van der Waals surface area (Å²) in [7, 11) is 0. The van der Waals surface area contributed by atoms with Crippen molar-refractivity contribution in [1.82, 2.24) is 5.32 Å². The van der Waals surface area contributed by atoms with Gasteiger partial charge in [0.15, 0.2) is 0 Å². The molecule has 2 aliphatic carbocycles. The lowest BCUT2D eigenvalue weighted by Crippen LogP contribution is -2.49. The van der Waals surface area contributed by atoms with E-state index in [2.05, 4.69) is 42.6 Å². The van der Waals surface area contributed by atoms with Gasteiger partial charge in [-0.15, -0.1) is 0 Å². The van der Waals surface area contributed by atoms with Crippen molar-refractivity contribution < 1.29 is 0 Å². The van der Waals surface area contributed by atoms with Gasteiger partial charge in [0.25, 0.3) is 0 Å². The first-order valence-corrected chi connectivity index (χ1v) is 9.14. The van der Waals surface area contributed by atoms with E-state index in [0.717, 1.165) is 12.5 Å². The smallest absolute Gasteiger partial charge is 0.0164 e. The lowest BCUT2D eigenvalue weighted by molar-refractivity contribution is 0.201. The van der Waals surface area contributed by atoms with Crippen LogP contribution in [0.2, 0.25) is 0 Å². The molecule has 0 radical (unpaired) electrons. The molecular weight excluding hydrogens is 254 g/mol. The molecule has 0 spiro atoms. The molecule has 1 nitrogen and oxygen atoms in total. The summed E-state index contributed by atoms with van der Waals surface area (Å²) >= 11 is 0. The Bertz CT molecular complexity index is 415. The highest BCUT2D eigenvalue weighted by Gasteiger charge is 2.41. The van der Waals surface area contributed by atoms with Crippen molar-refractivity contribution in [2.45, 2.75) is 76.2 Å². The van der Waals surface area contributed by atoms with Crippen molar-refractivity contribution in [3.05, 3.63) is 35.9 Å². The monoisotopic (exact) mass is 285 g/mol. The van der Waals surface area contributed by atoms with Crippen LogP contribution in [0, 0.1) is 5.92 Å². The van der Waals surface area contributed by atoms with E-state index in [1.54, 1.807) is 5.56 Å². The quantitative estimate of drug-likeness (QED) is 0.738. The molecule has 1 aromatic carbocycles. The van der Waals surface area contributed by atoms with Crippen molar-refractivity contribution in [3.8, 4) is 0 Å². The highest BCUT2D eigenvalue weighted by Crippen LogP contribution is 2.45. The third-order valence-electron chi connectivity index (χ3n) is 5.77. The zero-order valence-electron chi connectivity index (χ0n) is 13.6. The molecule has 2 fully saturated rings. The minimum absolute atomic E-state index is 0.393. The maximum absolute atomic E-state index is 3.87. The summed E-state index contributed by atoms with van der Waals surface area (Å²) in [6, 6.07) is 12.1. The summed E-state index contributed by atoms with van der Waals surface area (Å²) < 4.78 is 0. The largest absolute Gasteiger partial charge is 0.313 e. The molecule has 3 rings (SSSR count). The molecule has 0 amide bonds. The molecule has 0 saturated heterocycles. The second-order valence-electron chi connectivity index (χ2n) is 7.21. The fraction of sp³-hybridized carbons (Fsp3) is 0.700. The summed E-state index contributed by atoms with van der Waals surface area (Å²) in [6.45, 7) is 3.37. The molecule has 2 aliphatic rings. The van der Waals surface area contributed by atoms with Gasteiger partial charge >= 0.3 is 0 Å². The van der Waals surface area contributed by atoms with Crippen molar-refractivity contribution in [3.63, 3.8) is 0 Å². The van der Waals surface area contributed by atoms with Gasteiger partial charge in [0.2, 0.25) is 0 Å². The number of rotatable bonds is 7. The van der Waals surface area contributed by atoms with E-state index < -0.39 is 0 Å². The van der Waals surface area contributed by atoms with E-state index in [4.69, 9.17) is 0 Å². The number of hydrogen-bond donors (Lipinski definition) is 1. The van der Waals surface area contributed by atoms with Gasteiger partial charge in [0.05, 0.1) is 0 Å². The van der Waals surface area contributed by atoms with Crippen LogP contribution in [0.3, 0.4) is 0 Å². The van der Waals surface area contributed by atoms with E-state index >= 15 is 0 Å². The van der Waals surface area contributed by atoms with Crippen LogP contribution in [0.4, 0.5) is 0 Å². The van der Waals surface area contributed by atoms with Crippen LogP contribution < -0.4 is 5.32 Å². The van der Waals surface area contributed by atoms with Crippen molar-refractivity contribution >= 4 is 0 Å². The van der Waals surface area contributed by atoms with Crippen LogP contribution in [0.25, 0.3) is 0 Å². The zero-order chi connectivity index (χ0) is 14.5. The van der Waals surface area contributed by atoms with E-state index in [1.807, 2.05) is 0 Å². The lowest BCUT2D eigenvalue weighted by atomic mass is 9.63. The normalized spacial score (nSPS) is 22.9. The second-order valence-corrected chi connectivity index (χ2v) is 7.21. The molecule has 116 valence electrons. The third-order valence-corrected chi connectivity index (χ3v) is 5.77. The Kier molecular flexibility index (Phi) is 5.00. The Morgan fingerprint density at radius 3 is 2.43 bits per heavy atom. The van der Waals surface area contributed by atoms with Gasteiger partial charge in [0.1, 0.15) is 0 Å². The van der Waals surface area contributed by atoms with Gasteiger partial charge in [-0.1, -0.05) is 69.4 Å². The van der Waals surface area contributed by atoms with Gasteiger partial charge in [0, 0.05) is 11.5 Å². The predicted molar refractivity (Wildman–Crippen MR) is 90.6 cm³/mol. The summed E-state index contributed by atoms with van der Waals surface area (Å²) in [5.41, 5.74) is 1.98. The molecule has 1 aromatic rings. The first-order chi connectivity index (χ1) is 10.3. The summed E-state index contributed by atoms with van der Waals surface area (Å²) in [5, 5.41) is 3.87. The van der Waals surface area contributed by atoms with E-state index in [0.29, 0.717) is 11.5 Å². The Hall–Kier alpha value is -0.820. The van der Waals surface area contributed by atoms with E-state index in [1.165, 1.54) is 57.8 Å². The standard InChI is InChI=1S/C20H31N/c1-2-21-19(14-13-17-11-12-17)20(15-7-4-8-16-20)18-9-5-3-6-10-18/h3,5-6,9-10,17,19,21H,2,4,7-8,11-16H2,1H3. The molecule has 0 aliphatic heterocycles. The average molecular weight is 285 g/mol. The summed E-state index contributed by atoms with van der Waals surface area (Å²) in [4.78, 5) is 0. The molecule has 1 atom stereocenters. The lowest BCUT2D eigenvalue weighted by Gasteiger charge is -2.45. The predicted octanol–water partition coefficient (Wildman–Crippen LogP) is 5.06. The van der Waals surface area contributed by atoms with Crippen LogP contribution in [0.1, 0.15) is 70.3 Å². The van der Waals surface area contributed by atoms with Crippen LogP contribution >= 0.6 is 0 Å². The summed E-state index contributed by atoms with van der Waals surface area (Å²) in [6.07, 6.45) is 12.8. The number of benzene rings is 1. The second kappa shape index (κ2) is 6.96. The van der Waals surface area contributed by atoms with Crippen molar-refractivity contribution in [1.29, 1.82) is 0 Å². The highest BCUT2D eigenvalue weighted by molar-refractivity contribution is 5.28. The summed E-state index contributed by atoms with van der Waals surface area (Å²) in [5.74, 6) is 1.04. The number of nitrogens with one attached hydrogen (secondary N) is 1. The Balaban J connectivity index is 1.83. The molecular formula is C20H31N. The molecule has 1 unspecified atom stereocenters. The number of hydrogen-bond acceptors (Lipinski definition) is 1. The Morgan fingerprint density at radius 2 is 1.81 bits per heavy atom. The van der Waals surface area contributed by atoms with E-state index in [-0.39, 0.29) is 0 Å². The molecule has 2 saturated carbocycles. The maximum Gasteiger partial charge on any atom is 0.0164 e. The highest BCUT2D eigenvalue weighted by atomic mass is 14.9. The van der Waals surface area contributed by atoms with Gasteiger partial charge in [-0.3, -0.25) is 0 Å². The molecule has 1 heteroatoms. The first-order valence-electron chi connectivity index (χ1n) is 9.14. The third kappa shape index (κ3) is 3.51. The molecule has 0 bridgehead atoms. The number of likely N-dealkylation sites (N-methyl/N-ethyl adjacent to an activating group) is 1. The van der Waals surface area contributed by atoms with Crippen LogP contribution in [0.5, 0.6) is 0 Å². The fourth-order valence-electron chi connectivity index (χ4n) is 4.42. The minimum Gasteiger partial charge on any atom is -0.313 e. The van der Waals surface area contributed by atoms with E-state index in [9.17, 15) is 0 Å². The van der Waals surface area contributed by atoms with Gasteiger partial charge in [-0.05, 0) is 43.7 Å².